The molecule has 0 spiro atoms. The number of hydrogen-bond donors (Lipinski definition) is 2. The second-order valence-corrected chi connectivity index (χ2v) is 10.5. The van der Waals surface area contributed by atoms with E-state index in [0.717, 1.165) is 60.4 Å². The lowest BCUT2D eigenvalue weighted by Crippen LogP contribution is -2.61. The Morgan fingerprint density at radius 2 is 1.87 bits per heavy atom. The Labute approximate surface area is 185 Å². The Morgan fingerprint density at radius 3 is 2.48 bits per heavy atom. The topological polar surface area (TPSA) is 70.7 Å². The van der Waals surface area contributed by atoms with Crippen LogP contribution in [0.3, 0.4) is 0 Å². The molecule has 5 aliphatic rings. The first-order chi connectivity index (χ1) is 14.9. The largest absolute Gasteiger partial charge is 0.496 e. The summed E-state index contributed by atoms with van der Waals surface area (Å²) < 4.78 is 5.37. The predicted molar refractivity (Wildman–Crippen MR) is 119 cm³/mol. The molecule has 1 atom stereocenters. The van der Waals surface area contributed by atoms with Crippen LogP contribution in [0.15, 0.2) is 18.2 Å². The highest BCUT2D eigenvalue weighted by atomic mass is 16.5. The van der Waals surface area contributed by atoms with Crippen molar-refractivity contribution in [1.82, 2.24) is 15.5 Å². The second kappa shape index (κ2) is 8.12. The first-order valence-electron chi connectivity index (χ1n) is 11.9. The van der Waals surface area contributed by atoms with Gasteiger partial charge in [-0.15, -0.1) is 0 Å². The van der Waals surface area contributed by atoms with Gasteiger partial charge in [-0.05, 0) is 80.4 Å². The summed E-state index contributed by atoms with van der Waals surface area (Å²) in [6, 6.07) is 5.72. The van der Waals surface area contributed by atoms with Crippen LogP contribution < -0.4 is 15.4 Å². The third kappa shape index (κ3) is 4.19. The van der Waals surface area contributed by atoms with Gasteiger partial charge < -0.3 is 15.4 Å². The van der Waals surface area contributed by atoms with Crippen molar-refractivity contribution in [2.75, 3.05) is 20.2 Å². The number of amides is 2. The van der Waals surface area contributed by atoms with Crippen LogP contribution in [0.5, 0.6) is 5.75 Å². The van der Waals surface area contributed by atoms with Gasteiger partial charge in [-0.3, -0.25) is 14.5 Å². The van der Waals surface area contributed by atoms with Crippen molar-refractivity contribution < 1.29 is 14.3 Å². The molecule has 4 bridgehead atoms. The zero-order valence-electron chi connectivity index (χ0n) is 18.8. The van der Waals surface area contributed by atoms with E-state index < -0.39 is 6.04 Å². The van der Waals surface area contributed by atoms with Gasteiger partial charge in [-0.25, -0.2) is 0 Å². The van der Waals surface area contributed by atoms with Gasteiger partial charge in [0.15, 0.2) is 0 Å². The molecular formula is C25H35N3O3. The van der Waals surface area contributed by atoms with Gasteiger partial charge >= 0.3 is 0 Å². The molecule has 168 valence electrons. The Kier molecular flexibility index (Phi) is 5.45. The molecule has 6 nitrogen and oxygen atoms in total. The third-order valence-corrected chi connectivity index (χ3v) is 8.11. The number of carbonyl (C=O) groups excluding carboxylic acids is 2. The third-order valence-electron chi connectivity index (χ3n) is 8.11. The molecular weight excluding hydrogens is 390 g/mol. The number of benzene rings is 1. The molecule has 1 heterocycles. The average Bonchev–Trinajstić information content (AvgIpc) is 2.69. The van der Waals surface area contributed by atoms with Crippen molar-refractivity contribution in [2.24, 2.45) is 17.8 Å². The summed E-state index contributed by atoms with van der Waals surface area (Å²) in [5.74, 6) is 3.25. The zero-order chi connectivity index (χ0) is 21.6. The van der Waals surface area contributed by atoms with Crippen LogP contribution in [0, 0.1) is 24.7 Å². The van der Waals surface area contributed by atoms with Crippen LogP contribution in [0.1, 0.15) is 56.1 Å². The number of carbonyl (C=O) groups is 2. The highest BCUT2D eigenvalue weighted by Gasteiger charge is 2.51. The van der Waals surface area contributed by atoms with Gasteiger partial charge in [-0.2, -0.15) is 0 Å². The van der Waals surface area contributed by atoms with E-state index in [2.05, 4.69) is 21.6 Å². The van der Waals surface area contributed by atoms with Crippen molar-refractivity contribution >= 4 is 11.8 Å². The molecule has 4 aliphatic carbocycles. The number of ether oxygens (including phenoxy) is 1. The Morgan fingerprint density at radius 1 is 1.19 bits per heavy atom. The summed E-state index contributed by atoms with van der Waals surface area (Å²) in [6.07, 6.45) is 7.71. The van der Waals surface area contributed by atoms with Gasteiger partial charge in [0.05, 0.1) is 19.6 Å². The number of piperazine rings is 1. The van der Waals surface area contributed by atoms with Crippen LogP contribution in [0.25, 0.3) is 0 Å². The van der Waals surface area contributed by atoms with Crippen molar-refractivity contribution in [3.05, 3.63) is 29.3 Å². The van der Waals surface area contributed by atoms with Gasteiger partial charge in [0.25, 0.3) is 0 Å². The summed E-state index contributed by atoms with van der Waals surface area (Å²) in [5, 5.41) is 6.40. The number of aryl methyl sites for hydroxylation is 1. The van der Waals surface area contributed by atoms with E-state index in [4.69, 9.17) is 4.74 Å². The number of hydrogen-bond acceptors (Lipinski definition) is 4. The molecule has 6 rings (SSSR count). The second-order valence-electron chi connectivity index (χ2n) is 10.5. The minimum Gasteiger partial charge on any atom is -0.496 e. The standard InChI is InChI=1S/C25H35N3O3/c1-16-7-17(3-4-22(16)31-2)15-28-6-5-26-24(30)21(28)11-23(29)27-25-12-18-8-19(13-25)10-20(9-18)14-25/h3-4,7,18-21H,5-6,8-15H2,1-2H3,(H,26,30)(H,27,29). The summed E-state index contributed by atoms with van der Waals surface area (Å²) >= 11 is 0. The fourth-order valence-corrected chi connectivity index (χ4v) is 7.23. The van der Waals surface area contributed by atoms with Crippen LogP contribution in [0.2, 0.25) is 0 Å². The van der Waals surface area contributed by atoms with E-state index in [-0.39, 0.29) is 23.8 Å². The lowest BCUT2D eigenvalue weighted by molar-refractivity contribution is -0.136. The number of nitrogens with one attached hydrogen (secondary N) is 2. The van der Waals surface area contributed by atoms with Crippen molar-refractivity contribution in [3.63, 3.8) is 0 Å². The molecule has 1 saturated heterocycles. The zero-order valence-corrected chi connectivity index (χ0v) is 18.8. The monoisotopic (exact) mass is 425 g/mol. The van der Waals surface area contributed by atoms with E-state index in [0.29, 0.717) is 13.1 Å². The first-order valence-corrected chi connectivity index (χ1v) is 11.9. The first kappa shape index (κ1) is 20.8. The maximum atomic E-state index is 13.1. The van der Waals surface area contributed by atoms with Crippen molar-refractivity contribution in [2.45, 2.75) is 70.0 Å². The van der Waals surface area contributed by atoms with Gasteiger partial charge in [0.1, 0.15) is 5.75 Å². The fraction of sp³-hybridized carbons (Fsp3) is 0.680. The van der Waals surface area contributed by atoms with E-state index in [1.54, 1.807) is 7.11 Å². The van der Waals surface area contributed by atoms with Crippen LogP contribution >= 0.6 is 0 Å². The smallest absolute Gasteiger partial charge is 0.237 e. The minimum atomic E-state index is -0.412. The Hall–Kier alpha value is -2.08. The average molecular weight is 426 g/mol. The maximum Gasteiger partial charge on any atom is 0.237 e. The van der Waals surface area contributed by atoms with Gasteiger partial charge in [0.2, 0.25) is 11.8 Å². The molecule has 6 heteroatoms. The predicted octanol–water partition coefficient (Wildman–Crippen LogP) is 2.78. The van der Waals surface area contributed by atoms with Crippen LogP contribution in [-0.4, -0.2) is 48.5 Å². The molecule has 2 N–H and O–H groups in total. The van der Waals surface area contributed by atoms with E-state index in [1.165, 1.54) is 19.3 Å². The van der Waals surface area contributed by atoms with E-state index in [1.807, 2.05) is 19.1 Å². The van der Waals surface area contributed by atoms with Crippen LogP contribution in [-0.2, 0) is 16.1 Å². The van der Waals surface area contributed by atoms with Gasteiger partial charge in [-0.1, -0.05) is 12.1 Å². The fourth-order valence-electron chi connectivity index (χ4n) is 7.23. The lowest BCUT2D eigenvalue weighted by Gasteiger charge is -2.57. The van der Waals surface area contributed by atoms with Gasteiger partial charge in [0, 0.05) is 25.2 Å². The highest BCUT2D eigenvalue weighted by molar-refractivity contribution is 5.89. The number of nitrogens with zero attached hydrogens (tertiary/aromatic N) is 1. The minimum absolute atomic E-state index is 0.00506. The van der Waals surface area contributed by atoms with Crippen molar-refractivity contribution in [1.29, 1.82) is 0 Å². The van der Waals surface area contributed by atoms with E-state index in [9.17, 15) is 9.59 Å². The van der Waals surface area contributed by atoms with E-state index >= 15 is 0 Å². The normalized spacial score (nSPS) is 34.5. The number of methoxy groups -OCH3 is 1. The summed E-state index contributed by atoms with van der Waals surface area (Å²) in [5.41, 5.74) is 2.21. The summed E-state index contributed by atoms with van der Waals surface area (Å²) in [4.78, 5) is 28.0. The molecule has 4 saturated carbocycles. The molecule has 1 aromatic carbocycles. The molecule has 1 aliphatic heterocycles. The molecule has 1 aromatic rings. The molecule has 0 radical (unpaired) electrons. The molecule has 31 heavy (non-hydrogen) atoms. The summed E-state index contributed by atoms with van der Waals surface area (Å²) in [6.45, 7) is 4.07. The molecule has 2 amide bonds. The quantitative estimate of drug-likeness (QED) is 0.735. The van der Waals surface area contributed by atoms with Crippen molar-refractivity contribution in [3.8, 4) is 5.75 Å². The molecule has 0 aromatic heterocycles. The maximum absolute atomic E-state index is 13.1. The summed E-state index contributed by atoms with van der Waals surface area (Å²) in [7, 11) is 1.68. The Bertz CT molecular complexity index is 832. The lowest BCUT2D eigenvalue weighted by atomic mass is 9.53. The SMILES string of the molecule is COc1ccc(CN2CCNC(=O)C2CC(=O)NC23CC4CC(CC(C4)C2)C3)cc1C. The molecule has 1 unspecified atom stereocenters. The Balaban J connectivity index is 1.25. The molecule has 5 fully saturated rings. The highest BCUT2D eigenvalue weighted by Crippen LogP contribution is 2.55. The van der Waals surface area contributed by atoms with Crippen LogP contribution in [0.4, 0.5) is 0 Å². The number of rotatable bonds is 6.